The number of hydrogen-bond acceptors (Lipinski definition) is 2. The summed E-state index contributed by atoms with van der Waals surface area (Å²) < 4.78 is 0. The van der Waals surface area contributed by atoms with Gasteiger partial charge in [-0.3, -0.25) is 9.59 Å². The number of fused-ring (bicyclic) bond motifs is 1. The fourth-order valence-corrected chi connectivity index (χ4v) is 2.96. The minimum atomic E-state index is -0.102. The van der Waals surface area contributed by atoms with Crippen molar-refractivity contribution in [3.8, 4) is 0 Å². The molecule has 2 aliphatic rings. The van der Waals surface area contributed by atoms with Crippen LogP contribution in [0, 0.1) is 17.3 Å². The van der Waals surface area contributed by atoms with E-state index < -0.39 is 0 Å². The van der Waals surface area contributed by atoms with E-state index in [0.717, 1.165) is 11.3 Å². The smallest absolute Gasteiger partial charge is 0.220 e. The number of carbonyl (C=O) groups is 2. The van der Waals surface area contributed by atoms with E-state index in [2.05, 4.69) is 19.2 Å². The molecule has 0 aromatic rings. The van der Waals surface area contributed by atoms with Crippen LogP contribution in [0.5, 0.6) is 0 Å². The molecule has 0 saturated heterocycles. The third kappa shape index (κ3) is 1.41. The van der Waals surface area contributed by atoms with E-state index in [1.165, 1.54) is 6.92 Å². The number of nitrogens with one attached hydrogen (secondary N) is 1. The molecule has 3 heteroatoms. The van der Waals surface area contributed by atoms with E-state index >= 15 is 0 Å². The largest absolute Gasteiger partial charge is 0.330 e. The van der Waals surface area contributed by atoms with Crippen LogP contribution in [0.2, 0.25) is 0 Å². The van der Waals surface area contributed by atoms with Crippen LogP contribution in [0.1, 0.15) is 34.1 Å². The number of allylic oxidation sites excluding steroid dienone is 2. The Morgan fingerprint density at radius 2 is 2.00 bits per heavy atom. The first-order valence-corrected chi connectivity index (χ1v) is 5.37. The molecule has 0 spiro atoms. The molecule has 2 rings (SSSR count). The summed E-state index contributed by atoms with van der Waals surface area (Å²) >= 11 is 0. The lowest BCUT2D eigenvalue weighted by atomic mass is 9.95. The molecule has 3 nitrogen and oxygen atoms in total. The number of ketones is 1. The molecule has 2 saturated carbocycles. The van der Waals surface area contributed by atoms with Gasteiger partial charge in [0, 0.05) is 24.6 Å². The van der Waals surface area contributed by atoms with Gasteiger partial charge >= 0.3 is 0 Å². The predicted molar refractivity (Wildman–Crippen MR) is 56.9 cm³/mol. The lowest BCUT2D eigenvalue weighted by Gasteiger charge is -2.12. The first-order valence-electron chi connectivity index (χ1n) is 5.37. The van der Waals surface area contributed by atoms with E-state index in [1.807, 2.05) is 6.92 Å². The van der Waals surface area contributed by atoms with Crippen molar-refractivity contribution in [2.24, 2.45) is 17.3 Å². The van der Waals surface area contributed by atoms with Crippen LogP contribution in [0.15, 0.2) is 11.3 Å². The normalized spacial score (nSPS) is 34.8. The molecule has 0 aromatic heterocycles. The second-order valence-electron chi connectivity index (χ2n) is 5.25. The van der Waals surface area contributed by atoms with Crippen molar-refractivity contribution in [2.45, 2.75) is 34.1 Å². The van der Waals surface area contributed by atoms with Gasteiger partial charge in [0.05, 0.1) is 0 Å². The highest BCUT2D eigenvalue weighted by Crippen LogP contribution is 2.68. The highest BCUT2D eigenvalue weighted by molar-refractivity contribution is 6.01. The minimum Gasteiger partial charge on any atom is -0.330 e. The zero-order valence-corrected chi connectivity index (χ0v) is 9.68. The summed E-state index contributed by atoms with van der Waals surface area (Å²) in [5.41, 5.74) is 1.87. The summed E-state index contributed by atoms with van der Waals surface area (Å²) in [5, 5.41) is 2.73. The molecule has 0 aliphatic heterocycles. The lowest BCUT2D eigenvalue weighted by Crippen LogP contribution is -2.22. The Bertz CT molecular complexity index is 379. The first kappa shape index (κ1) is 10.4. The van der Waals surface area contributed by atoms with Crippen LogP contribution in [-0.4, -0.2) is 11.7 Å². The van der Waals surface area contributed by atoms with Crippen LogP contribution < -0.4 is 5.32 Å². The van der Waals surface area contributed by atoms with Gasteiger partial charge in [0.15, 0.2) is 5.78 Å². The molecule has 15 heavy (non-hydrogen) atoms. The van der Waals surface area contributed by atoms with Gasteiger partial charge in [-0.05, 0) is 24.2 Å². The SMILES string of the molecule is CC(=O)N/C(C)=C1\C(=O)C[C@@H]2[C@H]1C2(C)C. The van der Waals surface area contributed by atoms with Crippen LogP contribution in [0.25, 0.3) is 0 Å². The predicted octanol–water partition coefficient (Wildman–Crippen LogP) is 1.64. The maximum atomic E-state index is 11.7. The van der Waals surface area contributed by atoms with Crippen molar-refractivity contribution in [3.05, 3.63) is 11.3 Å². The Labute approximate surface area is 89.9 Å². The Kier molecular flexibility index (Phi) is 2.04. The topological polar surface area (TPSA) is 46.2 Å². The summed E-state index contributed by atoms with van der Waals surface area (Å²) in [5.74, 6) is 0.992. The third-order valence-electron chi connectivity index (χ3n) is 3.83. The van der Waals surface area contributed by atoms with Crippen LogP contribution in [0.4, 0.5) is 0 Å². The van der Waals surface area contributed by atoms with Gasteiger partial charge in [-0.2, -0.15) is 0 Å². The number of hydrogen-bond donors (Lipinski definition) is 1. The molecule has 0 bridgehead atoms. The molecule has 0 unspecified atom stereocenters. The molecule has 2 aliphatic carbocycles. The number of carbonyl (C=O) groups excluding carboxylic acids is 2. The maximum Gasteiger partial charge on any atom is 0.220 e. The fourth-order valence-electron chi connectivity index (χ4n) is 2.96. The van der Waals surface area contributed by atoms with Crippen LogP contribution >= 0.6 is 0 Å². The van der Waals surface area contributed by atoms with E-state index in [9.17, 15) is 9.59 Å². The van der Waals surface area contributed by atoms with Gasteiger partial charge < -0.3 is 5.32 Å². The van der Waals surface area contributed by atoms with Gasteiger partial charge in [0.1, 0.15) is 0 Å². The van der Waals surface area contributed by atoms with Crippen molar-refractivity contribution < 1.29 is 9.59 Å². The molecule has 2 fully saturated rings. The fraction of sp³-hybridized carbons (Fsp3) is 0.667. The molecule has 0 aromatic carbocycles. The number of Topliss-reactive ketones (excluding diaryl/α,β-unsaturated/α-hetero) is 1. The highest BCUT2D eigenvalue weighted by Gasteiger charge is 2.65. The van der Waals surface area contributed by atoms with Crippen LogP contribution in [-0.2, 0) is 9.59 Å². The van der Waals surface area contributed by atoms with E-state index in [0.29, 0.717) is 18.3 Å². The molecule has 0 heterocycles. The quantitative estimate of drug-likeness (QED) is 0.664. The second-order valence-corrected chi connectivity index (χ2v) is 5.25. The average molecular weight is 207 g/mol. The zero-order chi connectivity index (χ0) is 11.4. The van der Waals surface area contributed by atoms with Crippen molar-refractivity contribution in [2.75, 3.05) is 0 Å². The zero-order valence-electron chi connectivity index (χ0n) is 9.68. The van der Waals surface area contributed by atoms with Gasteiger partial charge in [0.25, 0.3) is 0 Å². The molecule has 1 amide bonds. The lowest BCUT2D eigenvalue weighted by molar-refractivity contribution is -0.118. The van der Waals surface area contributed by atoms with Gasteiger partial charge in [-0.25, -0.2) is 0 Å². The summed E-state index contributed by atoms with van der Waals surface area (Å²) in [6, 6.07) is 0. The average Bonchev–Trinajstić information content (AvgIpc) is 2.49. The standard InChI is InChI=1S/C12H17NO2/c1-6(13-7(2)14)10-9(15)5-8-11(10)12(8,3)4/h8,11H,5H2,1-4H3,(H,13,14)/b10-6+/t8-,11-/m1/s1. The van der Waals surface area contributed by atoms with Gasteiger partial charge in [0.2, 0.25) is 5.91 Å². The van der Waals surface area contributed by atoms with Gasteiger partial charge in [-0.15, -0.1) is 0 Å². The molecule has 1 N–H and O–H groups in total. The molecule has 2 atom stereocenters. The molecular weight excluding hydrogens is 190 g/mol. The number of amides is 1. The van der Waals surface area contributed by atoms with Crippen molar-refractivity contribution >= 4 is 11.7 Å². The summed E-state index contributed by atoms with van der Waals surface area (Å²) in [7, 11) is 0. The van der Waals surface area contributed by atoms with Crippen molar-refractivity contribution in [3.63, 3.8) is 0 Å². The Morgan fingerprint density at radius 1 is 1.40 bits per heavy atom. The maximum absolute atomic E-state index is 11.7. The van der Waals surface area contributed by atoms with E-state index in [4.69, 9.17) is 0 Å². The van der Waals surface area contributed by atoms with E-state index in [-0.39, 0.29) is 17.1 Å². The number of rotatable bonds is 1. The van der Waals surface area contributed by atoms with Crippen molar-refractivity contribution in [1.82, 2.24) is 5.32 Å². The van der Waals surface area contributed by atoms with Crippen LogP contribution in [0.3, 0.4) is 0 Å². The Morgan fingerprint density at radius 3 is 2.47 bits per heavy atom. The minimum absolute atomic E-state index is 0.102. The molecule has 0 radical (unpaired) electrons. The Balaban J connectivity index is 2.28. The van der Waals surface area contributed by atoms with Gasteiger partial charge in [-0.1, -0.05) is 13.8 Å². The summed E-state index contributed by atoms with van der Waals surface area (Å²) in [4.78, 5) is 22.7. The Hall–Kier alpha value is -1.12. The second kappa shape index (κ2) is 2.94. The monoisotopic (exact) mass is 207 g/mol. The first-order chi connectivity index (χ1) is 6.85. The van der Waals surface area contributed by atoms with E-state index in [1.54, 1.807) is 0 Å². The summed E-state index contributed by atoms with van der Waals surface area (Å²) in [6.07, 6.45) is 0.657. The third-order valence-corrected chi connectivity index (χ3v) is 3.83. The van der Waals surface area contributed by atoms with Crippen molar-refractivity contribution in [1.29, 1.82) is 0 Å². The molecule has 82 valence electrons. The highest BCUT2D eigenvalue weighted by atomic mass is 16.1. The molecular formula is C12H17NO2. The summed E-state index contributed by atoms with van der Waals surface area (Å²) in [6.45, 7) is 7.68.